The maximum atomic E-state index is 12.2. The van der Waals surface area contributed by atoms with Gasteiger partial charge in [-0.05, 0) is 39.7 Å². The van der Waals surface area contributed by atoms with Crippen LogP contribution in [-0.4, -0.2) is 37.2 Å². The highest BCUT2D eigenvalue weighted by molar-refractivity contribution is 5.75. The molecule has 5 atom stereocenters. The molecule has 0 saturated carbocycles. The van der Waals surface area contributed by atoms with Gasteiger partial charge in [-0.3, -0.25) is 4.79 Å². The summed E-state index contributed by atoms with van der Waals surface area (Å²) in [5.41, 5.74) is 0.666. The molecule has 1 unspecified atom stereocenters. The van der Waals surface area contributed by atoms with Crippen molar-refractivity contribution in [2.75, 3.05) is 13.2 Å². The molecule has 0 N–H and O–H groups in total. The summed E-state index contributed by atoms with van der Waals surface area (Å²) < 4.78 is 24.1. The largest absolute Gasteiger partial charge is 0.465 e. The summed E-state index contributed by atoms with van der Waals surface area (Å²) in [6.45, 7) is 11.3. The lowest BCUT2D eigenvalue weighted by Crippen LogP contribution is -2.59. The average Bonchev–Trinajstić information content (AvgIpc) is 2.64. The van der Waals surface area contributed by atoms with Crippen molar-refractivity contribution in [2.45, 2.75) is 72.1 Å². The molecule has 3 rings (SSSR count). The lowest BCUT2D eigenvalue weighted by atomic mass is 9.80. The molecule has 2 saturated heterocycles. The molecule has 0 spiro atoms. The maximum absolute atomic E-state index is 12.2. The topological polar surface area (TPSA) is 54.0 Å². The van der Waals surface area contributed by atoms with Crippen molar-refractivity contribution in [1.82, 2.24) is 0 Å². The highest BCUT2D eigenvalue weighted by atomic mass is 16.7. The molecule has 2 aliphatic rings. The molecule has 156 valence electrons. The first-order valence-corrected chi connectivity index (χ1v) is 10.3. The number of rotatable bonds is 6. The molecule has 0 aromatic heterocycles. The number of carbonyl (C=O) groups is 1. The molecule has 5 heteroatoms. The Hall–Kier alpha value is -1.43. The van der Waals surface area contributed by atoms with Gasteiger partial charge in [0.1, 0.15) is 0 Å². The number of fused-ring (bicyclic) bond motifs is 2. The number of hydrogen-bond acceptors (Lipinski definition) is 5. The predicted molar refractivity (Wildman–Crippen MR) is 107 cm³/mol. The van der Waals surface area contributed by atoms with Crippen LogP contribution in [0.4, 0.5) is 0 Å². The smallest absolute Gasteiger partial charge is 0.311 e. The van der Waals surface area contributed by atoms with Gasteiger partial charge in [0, 0.05) is 18.3 Å². The Morgan fingerprint density at radius 1 is 1.18 bits per heavy atom. The van der Waals surface area contributed by atoms with Crippen LogP contribution in [0.3, 0.4) is 0 Å². The van der Waals surface area contributed by atoms with Gasteiger partial charge in [-0.2, -0.15) is 0 Å². The molecule has 2 bridgehead atoms. The highest BCUT2D eigenvalue weighted by Crippen LogP contribution is 2.43. The predicted octanol–water partition coefficient (Wildman–Crippen LogP) is 4.34. The third kappa shape index (κ3) is 5.13. The van der Waals surface area contributed by atoms with Gasteiger partial charge in [-0.15, -0.1) is 0 Å². The second-order valence-corrected chi connectivity index (χ2v) is 9.38. The van der Waals surface area contributed by atoms with Crippen LogP contribution in [0.2, 0.25) is 0 Å². The van der Waals surface area contributed by atoms with Crippen LogP contribution in [0.15, 0.2) is 30.3 Å². The van der Waals surface area contributed by atoms with E-state index < -0.39 is 11.2 Å². The molecule has 28 heavy (non-hydrogen) atoms. The molecular weight excluding hydrogens is 356 g/mol. The van der Waals surface area contributed by atoms with Crippen LogP contribution in [0.25, 0.3) is 0 Å². The van der Waals surface area contributed by atoms with E-state index in [4.69, 9.17) is 18.9 Å². The van der Waals surface area contributed by atoms with E-state index in [0.717, 1.165) is 18.4 Å². The molecule has 0 aliphatic carbocycles. The van der Waals surface area contributed by atoms with Crippen molar-refractivity contribution in [3.8, 4) is 0 Å². The van der Waals surface area contributed by atoms with Gasteiger partial charge in [-0.25, -0.2) is 0 Å². The average molecular weight is 391 g/mol. The Morgan fingerprint density at radius 2 is 1.89 bits per heavy atom. The minimum absolute atomic E-state index is 0.00518. The molecule has 0 radical (unpaired) electrons. The van der Waals surface area contributed by atoms with Crippen molar-refractivity contribution < 1.29 is 23.7 Å². The SMILES string of the molecule is C[C@@H]1[C@@H]2OC(C)(CC[C@H]2COC(=O)C(C)(C)C)O[C@H]1COCc1ccccc1. The zero-order valence-electron chi connectivity index (χ0n) is 17.8. The summed E-state index contributed by atoms with van der Waals surface area (Å²) in [4.78, 5) is 12.2. The van der Waals surface area contributed by atoms with Gasteiger partial charge in [0.15, 0.2) is 5.79 Å². The van der Waals surface area contributed by atoms with E-state index in [1.165, 1.54) is 0 Å². The van der Waals surface area contributed by atoms with E-state index in [1.54, 1.807) is 0 Å². The molecule has 2 aliphatic heterocycles. The number of ether oxygens (including phenoxy) is 4. The summed E-state index contributed by atoms with van der Waals surface area (Å²) in [7, 11) is 0. The quantitative estimate of drug-likeness (QED) is 0.677. The van der Waals surface area contributed by atoms with Crippen molar-refractivity contribution in [3.63, 3.8) is 0 Å². The Bertz CT molecular complexity index is 653. The van der Waals surface area contributed by atoms with Crippen molar-refractivity contribution in [3.05, 3.63) is 35.9 Å². The minimum atomic E-state index is -0.581. The van der Waals surface area contributed by atoms with Crippen molar-refractivity contribution in [2.24, 2.45) is 17.3 Å². The second-order valence-electron chi connectivity index (χ2n) is 9.38. The van der Waals surface area contributed by atoms with Crippen LogP contribution in [-0.2, 0) is 30.3 Å². The highest BCUT2D eigenvalue weighted by Gasteiger charge is 2.50. The second kappa shape index (κ2) is 8.52. The summed E-state index contributed by atoms with van der Waals surface area (Å²) in [5.74, 6) is -0.386. The van der Waals surface area contributed by atoms with E-state index in [0.29, 0.717) is 19.8 Å². The monoisotopic (exact) mass is 390 g/mol. The summed E-state index contributed by atoms with van der Waals surface area (Å²) in [6.07, 6.45) is 1.70. The van der Waals surface area contributed by atoms with E-state index >= 15 is 0 Å². The Balaban J connectivity index is 1.57. The number of carbonyl (C=O) groups excluding carboxylic acids is 1. The Labute approximate surface area is 168 Å². The molecule has 0 amide bonds. The van der Waals surface area contributed by atoms with E-state index in [-0.39, 0.29) is 30.0 Å². The molecular formula is C23H34O5. The molecule has 5 nitrogen and oxygen atoms in total. The first kappa shape index (κ1) is 21.3. The van der Waals surface area contributed by atoms with E-state index in [1.807, 2.05) is 45.9 Å². The van der Waals surface area contributed by atoms with Crippen LogP contribution in [0, 0.1) is 17.3 Å². The first-order chi connectivity index (χ1) is 13.2. The van der Waals surface area contributed by atoms with E-state index in [9.17, 15) is 4.79 Å². The number of hydrogen-bond donors (Lipinski definition) is 0. The van der Waals surface area contributed by atoms with Gasteiger partial charge in [0.2, 0.25) is 0 Å². The maximum Gasteiger partial charge on any atom is 0.311 e. The fraction of sp³-hybridized carbons (Fsp3) is 0.696. The van der Waals surface area contributed by atoms with Gasteiger partial charge in [0.25, 0.3) is 0 Å². The van der Waals surface area contributed by atoms with E-state index in [2.05, 4.69) is 19.1 Å². The molecule has 2 heterocycles. The fourth-order valence-electron chi connectivity index (χ4n) is 3.95. The summed E-state index contributed by atoms with van der Waals surface area (Å²) in [5, 5.41) is 0. The van der Waals surface area contributed by atoms with Crippen LogP contribution in [0.5, 0.6) is 0 Å². The van der Waals surface area contributed by atoms with Gasteiger partial charge >= 0.3 is 5.97 Å². The van der Waals surface area contributed by atoms with Crippen molar-refractivity contribution >= 4 is 5.97 Å². The zero-order chi connectivity index (χ0) is 20.4. The third-order valence-corrected chi connectivity index (χ3v) is 5.76. The zero-order valence-corrected chi connectivity index (χ0v) is 17.8. The Kier molecular flexibility index (Phi) is 6.47. The van der Waals surface area contributed by atoms with Crippen LogP contribution >= 0.6 is 0 Å². The standard InChI is InChI=1S/C23H34O5/c1-16-19(15-25-13-17-9-7-6-8-10-17)27-23(5)12-11-18(20(16)28-23)14-26-21(24)22(2,3)4/h6-10,16,18-20H,11-15H2,1-5H3/t16-,18-,19-,20-,23?/m0/s1. The Morgan fingerprint density at radius 3 is 2.57 bits per heavy atom. The fourth-order valence-corrected chi connectivity index (χ4v) is 3.95. The normalized spacial score (nSPS) is 32.8. The van der Waals surface area contributed by atoms with Crippen molar-refractivity contribution in [1.29, 1.82) is 0 Å². The van der Waals surface area contributed by atoms with Gasteiger partial charge < -0.3 is 18.9 Å². The summed E-state index contributed by atoms with van der Waals surface area (Å²) >= 11 is 0. The third-order valence-electron chi connectivity index (χ3n) is 5.76. The number of esters is 1. The summed E-state index contributed by atoms with van der Waals surface area (Å²) in [6, 6.07) is 10.2. The van der Waals surface area contributed by atoms with Crippen LogP contribution in [0.1, 0.15) is 53.0 Å². The number of benzene rings is 1. The molecule has 1 aromatic carbocycles. The lowest BCUT2D eigenvalue weighted by molar-refractivity contribution is -0.362. The lowest BCUT2D eigenvalue weighted by Gasteiger charge is -2.52. The molecule has 1 aromatic rings. The minimum Gasteiger partial charge on any atom is -0.465 e. The first-order valence-electron chi connectivity index (χ1n) is 10.3. The van der Waals surface area contributed by atoms with Crippen LogP contribution < -0.4 is 0 Å². The van der Waals surface area contributed by atoms with Gasteiger partial charge in [0.05, 0.1) is 37.4 Å². The van der Waals surface area contributed by atoms with Gasteiger partial charge in [-0.1, -0.05) is 37.3 Å². The molecule has 2 fully saturated rings.